The van der Waals surface area contributed by atoms with Crippen molar-refractivity contribution in [3.8, 4) is 0 Å². The van der Waals surface area contributed by atoms with Crippen molar-refractivity contribution in [2.75, 3.05) is 6.61 Å². The summed E-state index contributed by atoms with van der Waals surface area (Å²) in [4.78, 5) is 18.0. The van der Waals surface area contributed by atoms with Gasteiger partial charge in [-0.25, -0.2) is 5.01 Å². The number of aryl methyl sites for hydroxylation is 1. The minimum atomic E-state index is -0.296. The van der Waals surface area contributed by atoms with Crippen LogP contribution in [-0.4, -0.2) is 29.4 Å². The first-order valence-corrected chi connectivity index (χ1v) is 9.41. The van der Waals surface area contributed by atoms with E-state index in [2.05, 4.69) is 10.3 Å². The average molecular weight is 387 g/mol. The second-order valence-electron chi connectivity index (χ2n) is 6.80. The number of rotatable bonds is 6. The molecule has 6 nitrogen and oxygen atoms in total. The third-order valence-corrected chi connectivity index (χ3v) is 4.69. The van der Waals surface area contributed by atoms with Crippen LogP contribution in [0.25, 0.3) is 0 Å². The van der Waals surface area contributed by atoms with Crippen LogP contribution in [-0.2, 0) is 9.63 Å². The van der Waals surface area contributed by atoms with Gasteiger partial charge in [0.05, 0.1) is 18.2 Å². The molecule has 4 rings (SSSR count). The van der Waals surface area contributed by atoms with E-state index in [0.29, 0.717) is 12.2 Å². The molecule has 0 spiro atoms. The number of hydrogen-bond acceptors (Lipinski definition) is 5. The first kappa shape index (κ1) is 18.7. The lowest BCUT2D eigenvalue weighted by atomic mass is 10.0. The quantitative estimate of drug-likeness (QED) is 0.467. The van der Waals surface area contributed by atoms with Crippen molar-refractivity contribution in [3.05, 3.63) is 95.4 Å². The fourth-order valence-electron chi connectivity index (χ4n) is 3.16. The highest BCUT2D eigenvalue weighted by Crippen LogP contribution is 2.33. The van der Waals surface area contributed by atoms with Crippen LogP contribution in [0.2, 0.25) is 0 Å². The summed E-state index contributed by atoms with van der Waals surface area (Å²) in [6.07, 6.45) is 3.75. The molecule has 0 saturated carbocycles. The number of hydrogen-bond donors (Lipinski definition) is 0. The van der Waals surface area contributed by atoms with Crippen molar-refractivity contribution in [2.45, 2.75) is 19.4 Å². The maximum atomic E-state index is 12.8. The Morgan fingerprint density at radius 1 is 1.17 bits per heavy atom. The maximum Gasteiger partial charge on any atom is 0.284 e. The molecule has 0 saturated heterocycles. The van der Waals surface area contributed by atoms with Crippen molar-refractivity contribution in [2.24, 2.45) is 10.3 Å². The Morgan fingerprint density at radius 3 is 2.69 bits per heavy atom. The summed E-state index contributed by atoms with van der Waals surface area (Å²) in [5.41, 5.74) is 3.90. The number of nitrogens with zero attached hydrogens (tertiary/aromatic N) is 3. The highest BCUT2D eigenvalue weighted by molar-refractivity contribution is 6.03. The Balaban J connectivity index is 1.47. The maximum absolute atomic E-state index is 12.8. The molecule has 1 aliphatic rings. The zero-order valence-corrected chi connectivity index (χ0v) is 16.1. The van der Waals surface area contributed by atoms with E-state index in [9.17, 15) is 4.79 Å². The van der Waals surface area contributed by atoms with Crippen molar-refractivity contribution in [1.29, 1.82) is 0 Å². The van der Waals surface area contributed by atoms with Crippen molar-refractivity contribution >= 4 is 17.8 Å². The molecule has 0 bridgehead atoms. The molecule has 146 valence electrons. The lowest BCUT2D eigenvalue weighted by Gasteiger charge is -2.19. The smallest absolute Gasteiger partial charge is 0.284 e. The molecule has 1 aromatic heterocycles. The SMILES string of the molecule is Cc1ccc(C2=NN(C(=O)CO/N=C\c3ccccc3)[C@@H](c3ccco3)C2)cc1. The van der Waals surface area contributed by atoms with E-state index in [1.165, 1.54) is 10.6 Å². The van der Waals surface area contributed by atoms with E-state index in [4.69, 9.17) is 9.25 Å². The molecule has 0 radical (unpaired) electrons. The summed E-state index contributed by atoms with van der Waals surface area (Å²) in [7, 11) is 0. The van der Waals surface area contributed by atoms with E-state index in [1.54, 1.807) is 12.5 Å². The van der Waals surface area contributed by atoms with Crippen LogP contribution in [0.1, 0.15) is 34.9 Å². The second-order valence-corrected chi connectivity index (χ2v) is 6.80. The normalized spacial score (nSPS) is 16.2. The van der Waals surface area contributed by atoms with E-state index >= 15 is 0 Å². The molecule has 1 atom stereocenters. The van der Waals surface area contributed by atoms with Crippen LogP contribution in [0.5, 0.6) is 0 Å². The Labute approximate surface area is 169 Å². The molecule has 0 N–H and O–H groups in total. The van der Waals surface area contributed by atoms with Crippen molar-refractivity contribution < 1.29 is 14.0 Å². The first-order valence-electron chi connectivity index (χ1n) is 9.41. The Bertz CT molecular complexity index is 1010. The Kier molecular flexibility index (Phi) is 5.52. The monoisotopic (exact) mass is 387 g/mol. The minimum Gasteiger partial charge on any atom is -0.467 e. The molecular weight excluding hydrogens is 366 g/mol. The molecule has 1 amide bonds. The standard InChI is InChI=1S/C23H21N3O3/c1-17-9-11-19(12-10-17)20-14-21(22-8-5-13-28-22)26(25-20)23(27)16-29-24-15-18-6-3-2-4-7-18/h2-13,15,21H,14,16H2,1H3/b24-15-/t21-/m1/s1. The first-order chi connectivity index (χ1) is 14.2. The van der Waals surface area contributed by atoms with Crippen LogP contribution in [0, 0.1) is 6.92 Å². The van der Waals surface area contributed by atoms with Gasteiger partial charge in [-0.3, -0.25) is 4.79 Å². The van der Waals surface area contributed by atoms with Crippen LogP contribution in [0.4, 0.5) is 0 Å². The molecule has 0 aliphatic carbocycles. The number of benzene rings is 2. The lowest BCUT2D eigenvalue weighted by molar-refractivity contribution is -0.138. The molecular formula is C23H21N3O3. The van der Waals surface area contributed by atoms with Gasteiger partial charge in [-0.1, -0.05) is 65.3 Å². The fourth-order valence-corrected chi connectivity index (χ4v) is 3.16. The van der Waals surface area contributed by atoms with Crippen molar-refractivity contribution in [3.63, 3.8) is 0 Å². The third kappa shape index (κ3) is 4.43. The molecule has 3 aromatic rings. The number of carbonyl (C=O) groups is 1. The molecule has 6 heteroatoms. The predicted octanol–water partition coefficient (Wildman–Crippen LogP) is 4.32. The summed E-state index contributed by atoms with van der Waals surface area (Å²) in [6, 6.07) is 21.0. The number of oxime groups is 1. The van der Waals surface area contributed by atoms with E-state index in [-0.39, 0.29) is 18.6 Å². The van der Waals surface area contributed by atoms with Gasteiger partial charge in [0.15, 0.2) is 6.61 Å². The minimum absolute atomic E-state index is 0.203. The van der Waals surface area contributed by atoms with E-state index in [0.717, 1.165) is 16.8 Å². The molecule has 0 fully saturated rings. The van der Waals surface area contributed by atoms with E-state index in [1.807, 2.05) is 73.7 Å². The summed E-state index contributed by atoms with van der Waals surface area (Å²) in [5.74, 6) is 0.413. The predicted molar refractivity (Wildman–Crippen MR) is 111 cm³/mol. The second kappa shape index (κ2) is 8.56. The number of furan rings is 1. The van der Waals surface area contributed by atoms with Crippen LogP contribution >= 0.6 is 0 Å². The van der Waals surface area contributed by atoms with Gasteiger partial charge in [0.2, 0.25) is 0 Å². The van der Waals surface area contributed by atoms with Crippen LogP contribution in [0.15, 0.2) is 87.7 Å². The summed E-state index contributed by atoms with van der Waals surface area (Å²) in [5, 5.41) is 9.89. The zero-order valence-electron chi connectivity index (χ0n) is 16.1. The highest BCUT2D eigenvalue weighted by Gasteiger charge is 2.35. The zero-order chi connectivity index (χ0) is 20.1. The van der Waals surface area contributed by atoms with Gasteiger partial charge >= 0.3 is 0 Å². The van der Waals surface area contributed by atoms with Crippen LogP contribution < -0.4 is 0 Å². The molecule has 0 unspecified atom stereocenters. The number of carbonyl (C=O) groups excluding carboxylic acids is 1. The Hall–Kier alpha value is -3.67. The van der Waals surface area contributed by atoms with Gasteiger partial charge in [0.25, 0.3) is 5.91 Å². The molecule has 29 heavy (non-hydrogen) atoms. The summed E-state index contributed by atoms with van der Waals surface area (Å²) >= 11 is 0. The van der Waals surface area contributed by atoms with Crippen LogP contribution in [0.3, 0.4) is 0 Å². The van der Waals surface area contributed by atoms with Gasteiger partial charge < -0.3 is 9.25 Å². The fraction of sp³-hybridized carbons (Fsp3) is 0.174. The van der Waals surface area contributed by atoms with Gasteiger partial charge in [-0.2, -0.15) is 5.10 Å². The van der Waals surface area contributed by atoms with Gasteiger partial charge in [0, 0.05) is 6.42 Å². The molecule has 2 heterocycles. The van der Waals surface area contributed by atoms with Gasteiger partial charge in [0.1, 0.15) is 11.8 Å². The summed E-state index contributed by atoms with van der Waals surface area (Å²) in [6.45, 7) is 1.83. The largest absolute Gasteiger partial charge is 0.467 e. The Morgan fingerprint density at radius 2 is 1.97 bits per heavy atom. The summed E-state index contributed by atoms with van der Waals surface area (Å²) < 4.78 is 5.55. The molecule has 1 aliphatic heterocycles. The van der Waals surface area contributed by atoms with E-state index < -0.39 is 0 Å². The average Bonchev–Trinajstić information content (AvgIpc) is 3.42. The topological polar surface area (TPSA) is 67.4 Å². The third-order valence-electron chi connectivity index (χ3n) is 4.69. The van der Waals surface area contributed by atoms with Crippen molar-refractivity contribution in [1.82, 2.24) is 5.01 Å². The van der Waals surface area contributed by atoms with Gasteiger partial charge in [-0.15, -0.1) is 0 Å². The number of hydrazone groups is 1. The molecule has 2 aromatic carbocycles. The lowest BCUT2D eigenvalue weighted by Crippen LogP contribution is -2.29. The van der Waals surface area contributed by atoms with Gasteiger partial charge in [-0.05, 0) is 30.2 Å². The number of amides is 1. The highest BCUT2D eigenvalue weighted by atomic mass is 16.6.